The zero-order valence-corrected chi connectivity index (χ0v) is 16.9. The Morgan fingerprint density at radius 1 is 1.19 bits per heavy atom. The number of aryl methyl sites for hydroxylation is 1. The van der Waals surface area contributed by atoms with Crippen LogP contribution >= 0.6 is 0 Å². The van der Waals surface area contributed by atoms with Gasteiger partial charge in [0, 0.05) is 33.1 Å². The van der Waals surface area contributed by atoms with E-state index >= 15 is 0 Å². The van der Waals surface area contributed by atoms with E-state index in [1.165, 1.54) is 5.56 Å². The summed E-state index contributed by atoms with van der Waals surface area (Å²) in [4.78, 5) is 4.27. The molecule has 0 saturated heterocycles. The van der Waals surface area contributed by atoms with Gasteiger partial charge in [0.05, 0.1) is 6.61 Å². The molecular formula is C20H32N6O. The first-order valence-corrected chi connectivity index (χ1v) is 9.65. The maximum absolute atomic E-state index is 5.72. The number of rotatable bonds is 10. The second-order valence-corrected chi connectivity index (χ2v) is 6.82. The highest BCUT2D eigenvalue weighted by molar-refractivity contribution is 5.79. The molecule has 0 aliphatic rings. The quantitative estimate of drug-likeness (QED) is 0.494. The fourth-order valence-electron chi connectivity index (χ4n) is 2.60. The zero-order chi connectivity index (χ0) is 19.5. The third-order valence-corrected chi connectivity index (χ3v) is 4.09. The van der Waals surface area contributed by atoms with Crippen LogP contribution in [0.25, 0.3) is 0 Å². The van der Waals surface area contributed by atoms with Gasteiger partial charge in [-0.1, -0.05) is 32.9 Å². The summed E-state index contributed by atoms with van der Waals surface area (Å²) in [5.74, 6) is 3.27. The summed E-state index contributed by atoms with van der Waals surface area (Å²) < 4.78 is 7.78. The molecule has 0 saturated carbocycles. The maximum Gasteiger partial charge on any atom is 0.191 e. The Bertz CT molecular complexity index is 693. The minimum atomic E-state index is 0.534. The van der Waals surface area contributed by atoms with Gasteiger partial charge in [0.25, 0.3) is 0 Å². The summed E-state index contributed by atoms with van der Waals surface area (Å²) in [6.45, 7) is 9.53. The maximum atomic E-state index is 5.72. The fourth-order valence-corrected chi connectivity index (χ4v) is 2.60. The van der Waals surface area contributed by atoms with E-state index in [0.717, 1.165) is 56.6 Å². The molecule has 7 heteroatoms. The lowest BCUT2D eigenvalue weighted by atomic mass is 10.1. The zero-order valence-electron chi connectivity index (χ0n) is 16.9. The van der Waals surface area contributed by atoms with Gasteiger partial charge in [-0.3, -0.25) is 4.99 Å². The van der Waals surface area contributed by atoms with Crippen LogP contribution in [0.4, 0.5) is 0 Å². The summed E-state index contributed by atoms with van der Waals surface area (Å²) in [6, 6.07) is 8.31. The van der Waals surface area contributed by atoms with Gasteiger partial charge in [-0.2, -0.15) is 0 Å². The van der Waals surface area contributed by atoms with Crippen molar-refractivity contribution in [2.24, 2.45) is 10.9 Å². The van der Waals surface area contributed by atoms with E-state index in [1.54, 1.807) is 13.4 Å². The van der Waals surface area contributed by atoms with E-state index in [4.69, 9.17) is 4.74 Å². The highest BCUT2D eigenvalue weighted by atomic mass is 16.5. The Kier molecular flexibility index (Phi) is 8.61. The SMILES string of the molecule is CCc1nncn1CCNC(=NC)NCCc1ccc(OCC(C)C)cc1. The van der Waals surface area contributed by atoms with E-state index in [9.17, 15) is 0 Å². The first-order valence-electron chi connectivity index (χ1n) is 9.65. The smallest absolute Gasteiger partial charge is 0.191 e. The second-order valence-electron chi connectivity index (χ2n) is 6.82. The first-order chi connectivity index (χ1) is 13.1. The predicted molar refractivity (Wildman–Crippen MR) is 109 cm³/mol. The molecule has 0 spiro atoms. The van der Waals surface area contributed by atoms with Gasteiger partial charge in [-0.25, -0.2) is 0 Å². The summed E-state index contributed by atoms with van der Waals surface area (Å²) >= 11 is 0. The molecule has 0 bridgehead atoms. The summed E-state index contributed by atoms with van der Waals surface area (Å²) in [7, 11) is 1.78. The van der Waals surface area contributed by atoms with Crippen LogP contribution in [0, 0.1) is 5.92 Å². The highest BCUT2D eigenvalue weighted by Gasteiger charge is 2.03. The lowest BCUT2D eigenvalue weighted by Crippen LogP contribution is -2.39. The second kappa shape index (κ2) is 11.2. The molecule has 0 aliphatic carbocycles. The van der Waals surface area contributed by atoms with Crippen molar-refractivity contribution in [3.8, 4) is 5.75 Å². The van der Waals surface area contributed by atoms with Crippen molar-refractivity contribution in [1.29, 1.82) is 0 Å². The Morgan fingerprint density at radius 2 is 1.93 bits per heavy atom. The van der Waals surface area contributed by atoms with Crippen LogP contribution in [-0.4, -0.2) is 47.5 Å². The molecule has 0 amide bonds. The Labute approximate surface area is 162 Å². The minimum absolute atomic E-state index is 0.534. The normalized spacial score (nSPS) is 11.7. The predicted octanol–water partition coefficient (Wildman–Crippen LogP) is 2.28. The monoisotopic (exact) mass is 372 g/mol. The van der Waals surface area contributed by atoms with Crippen molar-refractivity contribution in [3.63, 3.8) is 0 Å². The van der Waals surface area contributed by atoms with Crippen LogP contribution in [0.5, 0.6) is 5.75 Å². The van der Waals surface area contributed by atoms with Crippen LogP contribution in [0.15, 0.2) is 35.6 Å². The lowest BCUT2D eigenvalue weighted by Gasteiger charge is -2.13. The molecule has 1 aromatic carbocycles. The molecule has 1 heterocycles. The number of nitrogens with zero attached hydrogens (tertiary/aromatic N) is 4. The number of aliphatic imine (C=N–C) groups is 1. The number of benzene rings is 1. The van der Waals surface area contributed by atoms with Crippen LogP contribution in [0.1, 0.15) is 32.2 Å². The van der Waals surface area contributed by atoms with E-state index in [2.05, 4.69) is 63.3 Å². The molecule has 0 atom stereocenters. The fraction of sp³-hybridized carbons (Fsp3) is 0.550. The number of guanidine groups is 1. The van der Waals surface area contributed by atoms with E-state index < -0.39 is 0 Å². The molecule has 2 rings (SSSR count). The van der Waals surface area contributed by atoms with Crippen molar-refractivity contribution in [2.45, 2.75) is 40.2 Å². The molecule has 1 aromatic heterocycles. The van der Waals surface area contributed by atoms with Crippen molar-refractivity contribution in [2.75, 3.05) is 26.7 Å². The molecule has 2 N–H and O–H groups in total. The summed E-state index contributed by atoms with van der Waals surface area (Å²) in [6.07, 6.45) is 3.58. The largest absolute Gasteiger partial charge is 0.493 e. The molecule has 27 heavy (non-hydrogen) atoms. The number of hydrogen-bond donors (Lipinski definition) is 2. The number of nitrogens with one attached hydrogen (secondary N) is 2. The van der Waals surface area contributed by atoms with Crippen LogP contribution < -0.4 is 15.4 Å². The molecule has 2 aromatic rings. The Balaban J connectivity index is 1.68. The number of ether oxygens (including phenoxy) is 1. The van der Waals surface area contributed by atoms with Crippen LogP contribution in [0.3, 0.4) is 0 Å². The van der Waals surface area contributed by atoms with Gasteiger partial charge in [0.2, 0.25) is 0 Å². The number of hydrogen-bond acceptors (Lipinski definition) is 4. The van der Waals surface area contributed by atoms with Gasteiger partial charge in [-0.15, -0.1) is 10.2 Å². The summed E-state index contributed by atoms with van der Waals surface area (Å²) in [5, 5.41) is 14.7. The Hall–Kier alpha value is -2.57. The summed E-state index contributed by atoms with van der Waals surface area (Å²) in [5.41, 5.74) is 1.27. The van der Waals surface area contributed by atoms with Crippen molar-refractivity contribution in [3.05, 3.63) is 42.0 Å². The molecule has 0 radical (unpaired) electrons. The molecule has 0 unspecified atom stereocenters. The number of aromatic nitrogens is 3. The topological polar surface area (TPSA) is 76.4 Å². The van der Waals surface area contributed by atoms with Gasteiger partial charge in [0.1, 0.15) is 17.9 Å². The molecule has 148 valence electrons. The highest BCUT2D eigenvalue weighted by Crippen LogP contribution is 2.13. The van der Waals surface area contributed by atoms with Crippen LogP contribution in [-0.2, 0) is 19.4 Å². The third kappa shape index (κ3) is 7.29. The van der Waals surface area contributed by atoms with E-state index in [0.29, 0.717) is 5.92 Å². The first kappa shape index (κ1) is 20.7. The van der Waals surface area contributed by atoms with Gasteiger partial charge in [-0.05, 0) is 30.0 Å². The van der Waals surface area contributed by atoms with Gasteiger partial charge in [0.15, 0.2) is 5.96 Å². The Morgan fingerprint density at radius 3 is 2.59 bits per heavy atom. The van der Waals surface area contributed by atoms with E-state index in [-0.39, 0.29) is 0 Å². The van der Waals surface area contributed by atoms with Crippen molar-refractivity contribution >= 4 is 5.96 Å². The van der Waals surface area contributed by atoms with Crippen molar-refractivity contribution < 1.29 is 4.74 Å². The minimum Gasteiger partial charge on any atom is -0.493 e. The van der Waals surface area contributed by atoms with Crippen LogP contribution in [0.2, 0.25) is 0 Å². The molecule has 0 aliphatic heterocycles. The standard InChI is InChI=1S/C20H32N6O/c1-5-19-25-24-15-26(19)13-12-23-20(21-4)22-11-10-17-6-8-18(9-7-17)27-14-16(2)3/h6-9,15-16H,5,10-14H2,1-4H3,(H2,21,22,23). The molecular weight excluding hydrogens is 340 g/mol. The molecule has 0 fully saturated rings. The lowest BCUT2D eigenvalue weighted by molar-refractivity contribution is 0.271. The average Bonchev–Trinajstić information content (AvgIpc) is 3.13. The third-order valence-electron chi connectivity index (χ3n) is 4.09. The van der Waals surface area contributed by atoms with E-state index in [1.807, 2.05) is 12.1 Å². The van der Waals surface area contributed by atoms with Crippen molar-refractivity contribution in [1.82, 2.24) is 25.4 Å². The van der Waals surface area contributed by atoms with Gasteiger partial charge >= 0.3 is 0 Å². The van der Waals surface area contributed by atoms with Gasteiger partial charge < -0.3 is 19.9 Å². The average molecular weight is 373 g/mol. The molecule has 7 nitrogen and oxygen atoms in total.